The Bertz CT molecular complexity index is 794. The van der Waals surface area contributed by atoms with Crippen molar-refractivity contribution in [2.75, 3.05) is 0 Å². The molecule has 92 valence electrons. The number of hydrogen-bond acceptors (Lipinski definition) is 2. The molecular weight excluding hydrogens is 266 g/mol. The van der Waals surface area contributed by atoms with Crippen LogP contribution in [0.2, 0.25) is 0 Å². The molecule has 0 unspecified atom stereocenters. The first-order valence-corrected chi connectivity index (χ1v) is 5.79. The largest absolute Gasteiger partial charge is 0.203 e. The highest BCUT2D eigenvalue weighted by atomic mass is 32.1. The third kappa shape index (κ3) is 1.35. The van der Waals surface area contributed by atoms with Crippen molar-refractivity contribution in [1.29, 1.82) is 0 Å². The predicted molar refractivity (Wildman–Crippen MR) is 61.7 cm³/mol. The molecule has 0 spiro atoms. The van der Waals surface area contributed by atoms with Crippen molar-refractivity contribution in [2.45, 2.75) is 6.92 Å². The summed E-state index contributed by atoms with van der Waals surface area (Å²) in [5, 5.41) is 0.0570. The number of aromatic nitrogens is 1. The summed E-state index contributed by atoms with van der Waals surface area (Å²) >= 11 is 1.10. The molecule has 18 heavy (non-hydrogen) atoms. The maximum Gasteiger partial charge on any atom is 0.198 e. The number of rotatable bonds is 0. The topological polar surface area (TPSA) is 12.9 Å². The Kier molecular flexibility index (Phi) is 2.31. The molecular formula is C12H5F4NS. The van der Waals surface area contributed by atoms with Gasteiger partial charge in [-0.15, -0.1) is 0 Å². The SMILES string of the molecule is Cc1nsc2cc3c(F)c(F)c(F)c(F)c3cc12. The fraction of sp³-hybridized carbons (Fsp3) is 0.0833. The molecule has 2 aromatic carbocycles. The van der Waals surface area contributed by atoms with E-state index in [1.807, 2.05) is 0 Å². The Morgan fingerprint density at radius 3 is 2.00 bits per heavy atom. The summed E-state index contributed by atoms with van der Waals surface area (Å²) in [5.41, 5.74) is 0.640. The lowest BCUT2D eigenvalue weighted by Gasteiger charge is -2.04. The van der Waals surface area contributed by atoms with E-state index in [9.17, 15) is 17.6 Å². The Morgan fingerprint density at radius 1 is 0.833 bits per heavy atom. The van der Waals surface area contributed by atoms with E-state index < -0.39 is 23.3 Å². The first kappa shape index (κ1) is 11.4. The van der Waals surface area contributed by atoms with E-state index in [4.69, 9.17) is 0 Å². The molecule has 3 rings (SSSR count). The van der Waals surface area contributed by atoms with Gasteiger partial charge in [0.25, 0.3) is 0 Å². The molecule has 0 amide bonds. The van der Waals surface area contributed by atoms with E-state index in [1.165, 1.54) is 12.1 Å². The fourth-order valence-electron chi connectivity index (χ4n) is 1.90. The van der Waals surface area contributed by atoms with Crippen molar-refractivity contribution < 1.29 is 17.6 Å². The molecule has 0 radical (unpaired) electrons. The van der Waals surface area contributed by atoms with Gasteiger partial charge >= 0.3 is 0 Å². The molecule has 0 saturated carbocycles. The molecule has 1 nitrogen and oxygen atoms in total. The van der Waals surface area contributed by atoms with Gasteiger partial charge in [0.15, 0.2) is 23.3 Å². The van der Waals surface area contributed by atoms with Crippen molar-refractivity contribution in [3.05, 3.63) is 41.1 Å². The first-order chi connectivity index (χ1) is 8.50. The fourth-order valence-corrected chi connectivity index (χ4v) is 2.71. The van der Waals surface area contributed by atoms with E-state index in [0.29, 0.717) is 15.8 Å². The Labute approximate surface area is 103 Å². The second-order valence-electron chi connectivity index (χ2n) is 3.92. The number of aryl methyl sites for hydroxylation is 1. The molecule has 1 aromatic heterocycles. The van der Waals surface area contributed by atoms with Crippen LogP contribution in [0.5, 0.6) is 0 Å². The van der Waals surface area contributed by atoms with Gasteiger partial charge in [0, 0.05) is 16.2 Å². The second-order valence-corrected chi connectivity index (χ2v) is 4.72. The standard InChI is InChI=1S/C12H5F4NS/c1-4-5-2-6-7(3-8(5)18-17-4)10(14)12(16)11(15)9(6)13/h2-3H,1H3. The zero-order valence-electron chi connectivity index (χ0n) is 9.02. The van der Waals surface area contributed by atoms with Gasteiger partial charge in [0.1, 0.15) is 0 Å². The summed E-state index contributed by atoms with van der Waals surface area (Å²) in [6.07, 6.45) is 0. The number of benzene rings is 2. The maximum absolute atomic E-state index is 13.6. The number of hydrogen-bond donors (Lipinski definition) is 0. The minimum absolute atomic E-state index is 0.275. The summed E-state index contributed by atoms with van der Waals surface area (Å²) in [4.78, 5) is 0. The molecule has 6 heteroatoms. The summed E-state index contributed by atoms with van der Waals surface area (Å²) < 4.78 is 58.1. The van der Waals surface area contributed by atoms with E-state index in [0.717, 1.165) is 11.5 Å². The summed E-state index contributed by atoms with van der Waals surface area (Å²) in [7, 11) is 0. The van der Waals surface area contributed by atoms with Gasteiger partial charge in [0.05, 0.1) is 10.4 Å². The van der Waals surface area contributed by atoms with E-state index in [1.54, 1.807) is 6.92 Å². The Balaban J connectivity index is 2.59. The number of halogens is 4. The van der Waals surface area contributed by atoms with E-state index in [2.05, 4.69) is 4.37 Å². The lowest BCUT2D eigenvalue weighted by atomic mass is 10.1. The quantitative estimate of drug-likeness (QED) is 0.337. The van der Waals surface area contributed by atoms with Gasteiger partial charge in [-0.1, -0.05) is 0 Å². The summed E-state index contributed by atoms with van der Waals surface area (Å²) in [5.74, 6) is -6.34. The molecule has 0 saturated heterocycles. The van der Waals surface area contributed by atoms with Gasteiger partial charge in [-0.3, -0.25) is 0 Å². The Hall–Kier alpha value is -1.69. The van der Waals surface area contributed by atoms with Crippen LogP contribution in [0.3, 0.4) is 0 Å². The third-order valence-electron chi connectivity index (χ3n) is 2.84. The number of nitrogens with zero attached hydrogens (tertiary/aromatic N) is 1. The minimum Gasteiger partial charge on any atom is -0.203 e. The molecule has 0 atom stereocenters. The zero-order valence-corrected chi connectivity index (χ0v) is 9.84. The lowest BCUT2D eigenvalue weighted by Crippen LogP contribution is -1.97. The van der Waals surface area contributed by atoms with Crippen LogP contribution in [0, 0.1) is 30.2 Å². The van der Waals surface area contributed by atoms with Gasteiger partial charge in [-0.2, -0.15) is 4.37 Å². The van der Waals surface area contributed by atoms with Crippen LogP contribution >= 0.6 is 11.5 Å². The van der Waals surface area contributed by atoms with Crippen LogP contribution in [0.1, 0.15) is 5.69 Å². The molecule has 0 aliphatic heterocycles. The average molecular weight is 271 g/mol. The first-order valence-electron chi connectivity index (χ1n) is 5.02. The molecule has 0 aliphatic rings. The van der Waals surface area contributed by atoms with Crippen LogP contribution in [0.4, 0.5) is 17.6 Å². The molecule has 1 heterocycles. The van der Waals surface area contributed by atoms with Crippen LogP contribution in [-0.2, 0) is 0 Å². The monoisotopic (exact) mass is 271 g/mol. The van der Waals surface area contributed by atoms with Crippen molar-refractivity contribution in [2.24, 2.45) is 0 Å². The van der Waals surface area contributed by atoms with Gasteiger partial charge in [0.2, 0.25) is 0 Å². The highest BCUT2D eigenvalue weighted by molar-refractivity contribution is 7.13. The van der Waals surface area contributed by atoms with Crippen molar-refractivity contribution in [3.63, 3.8) is 0 Å². The molecule has 0 aliphatic carbocycles. The van der Waals surface area contributed by atoms with Gasteiger partial charge < -0.3 is 0 Å². The van der Waals surface area contributed by atoms with Crippen LogP contribution in [-0.4, -0.2) is 4.37 Å². The summed E-state index contributed by atoms with van der Waals surface area (Å²) in [6, 6.07) is 2.58. The minimum atomic E-state index is -1.79. The van der Waals surface area contributed by atoms with Crippen LogP contribution in [0.15, 0.2) is 12.1 Å². The maximum atomic E-state index is 13.6. The van der Waals surface area contributed by atoms with Gasteiger partial charge in [-0.05, 0) is 30.6 Å². The molecule has 3 aromatic rings. The highest BCUT2D eigenvalue weighted by Gasteiger charge is 2.21. The lowest BCUT2D eigenvalue weighted by molar-refractivity contribution is 0.418. The molecule has 0 bridgehead atoms. The van der Waals surface area contributed by atoms with E-state index >= 15 is 0 Å². The van der Waals surface area contributed by atoms with Gasteiger partial charge in [-0.25, -0.2) is 17.6 Å². The highest BCUT2D eigenvalue weighted by Crippen LogP contribution is 2.33. The average Bonchev–Trinajstić information content (AvgIpc) is 2.73. The third-order valence-corrected chi connectivity index (χ3v) is 3.74. The normalized spacial score (nSPS) is 11.6. The zero-order chi connectivity index (χ0) is 13.0. The molecule has 0 fully saturated rings. The van der Waals surface area contributed by atoms with Crippen molar-refractivity contribution >= 4 is 32.4 Å². The summed E-state index contributed by atoms with van der Waals surface area (Å²) in [6.45, 7) is 1.71. The predicted octanol–water partition coefficient (Wildman–Crippen LogP) is 4.31. The van der Waals surface area contributed by atoms with E-state index in [-0.39, 0.29) is 10.8 Å². The van der Waals surface area contributed by atoms with Crippen molar-refractivity contribution in [3.8, 4) is 0 Å². The van der Waals surface area contributed by atoms with Crippen LogP contribution in [0.25, 0.3) is 20.9 Å². The Morgan fingerprint density at radius 2 is 1.39 bits per heavy atom. The number of fused-ring (bicyclic) bond motifs is 2. The smallest absolute Gasteiger partial charge is 0.198 e. The second kappa shape index (κ2) is 3.65. The van der Waals surface area contributed by atoms with Crippen molar-refractivity contribution in [1.82, 2.24) is 4.37 Å². The molecule has 0 N–H and O–H groups in total. The van der Waals surface area contributed by atoms with Crippen LogP contribution < -0.4 is 0 Å².